The summed E-state index contributed by atoms with van der Waals surface area (Å²) in [6.07, 6.45) is -7.69. The molecule has 1 aliphatic rings. The lowest BCUT2D eigenvalue weighted by molar-refractivity contribution is -0.285. The van der Waals surface area contributed by atoms with Crippen LogP contribution in [0, 0.1) is 0 Å². The van der Waals surface area contributed by atoms with Gasteiger partial charge in [0, 0.05) is 12.5 Å². The normalized spacial score (nSPS) is 17.9. The van der Waals surface area contributed by atoms with Crippen LogP contribution in [-0.4, -0.2) is 56.9 Å². The van der Waals surface area contributed by atoms with Gasteiger partial charge in [-0.2, -0.15) is 35.8 Å². The summed E-state index contributed by atoms with van der Waals surface area (Å²) in [7, 11) is 0. The summed E-state index contributed by atoms with van der Waals surface area (Å²) in [5.74, 6) is -8.81. The molecule has 192 valence electrons. The number of esters is 1. The Balaban J connectivity index is 2.01. The molecule has 17 heteroatoms. The van der Waals surface area contributed by atoms with Gasteiger partial charge in [0.15, 0.2) is 11.2 Å². The average molecular weight is 514 g/mol. The van der Waals surface area contributed by atoms with E-state index in [9.17, 15) is 40.3 Å². The number of fused-ring (bicyclic) bond motifs is 1. The van der Waals surface area contributed by atoms with Gasteiger partial charge in [0.25, 0.3) is 0 Å². The Morgan fingerprint density at radius 1 is 1.26 bits per heavy atom. The molecule has 0 aliphatic carbocycles. The van der Waals surface area contributed by atoms with Crippen molar-refractivity contribution >= 4 is 23.5 Å². The number of rotatable bonds is 8. The van der Waals surface area contributed by atoms with Crippen LogP contribution in [-0.2, 0) is 26.3 Å². The lowest BCUT2D eigenvalue weighted by Crippen LogP contribution is -2.41. The van der Waals surface area contributed by atoms with Crippen LogP contribution in [0.1, 0.15) is 25.8 Å². The zero-order valence-electron chi connectivity index (χ0n) is 17.9. The number of nitrogens with zero attached hydrogens (tertiary/aromatic N) is 4. The van der Waals surface area contributed by atoms with E-state index < -0.39 is 72.2 Å². The van der Waals surface area contributed by atoms with Crippen LogP contribution in [0.15, 0.2) is 6.07 Å². The number of aryl methyl sites for hydroxylation is 1. The molecular weight excluding hydrogens is 497 g/mol. The summed E-state index contributed by atoms with van der Waals surface area (Å²) in [5.41, 5.74) is 3.48. The van der Waals surface area contributed by atoms with Crippen molar-refractivity contribution in [2.45, 2.75) is 50.9 Å². The van der Waals surface area contributed by atoms with Gasteiger partial charge in [0.1, 0.15) is 17.3 Å². The van der Waals surface area contributed by atoms with Gasteiger partial charge in [-0.3, -0.25) is 9.59 Å². The molecule has 2 aromatic rings. The van der Waals surface area contributed by atoms with Gasteiger partial charge >= 0.3 is 24.7 Å². The lowest BCUT2D eigenvalue weighted by Gasteiger charge is -2.20. The predicted octanol–water partition coefficient (Wildman–Crippen LogP) is 2.88. The molecule has 0 fully saturated rings. The summed E-state index contributed by atoms with van der Waals surface area (Å²) in [6.45, 7) is -1.94. The molecule has 0 saturated carbocycles. The molecule has 0 bridgehead atoms. The smallest absolute Gasteiger partial charge is 0.453 e. The zero-order valence-corrected chi connectivity index (χ0v) is 17.9. The Hall–Kier alpha value is -3.66. The highest BCUT2D eigenvalue weighted by Gasteiger charge is 2.57. The minimum atomic E-state index is -5.87. The Morgan fingerprint density at radius 3 is 2.49 bits per heavy atom. The molecule has 3 rings (SSSR count). The Bertz CT molecular complexity index is 1150. The summed E-state index contributed by atoms with van der Waals surface area (Å²) >= 11 is 0. The third-order valence-corrected chi connectivity index (χ3v) is 5.04. The molecule has 35 heavy (non-hydrogen) atoms. The fourth-order valence-electron chi connectivity index (χ4n) is 3.24. The van der Waals surface area contributed by atoms with Gasteiger partial charge in [-0.15, -0.1) is 0 Å². The lowest BCUT2D eigenvalue weighted by atomic mass is 9.84. The number of hydrogen-bond donors (Lipinski definition) is 2. The number of halogens is 7. The second-order valence-corrected chi connectivity index (χ2v) is 7.38. The number of nitrogen functional groups attached to an aromatic ring is 1. The van der Waals surface area contributed by atoms with Crippen molar-refractivity contribution in [1.29, 1.82) is 0 Å². The molecule has 1 atom stereocenters. The third kappa shape index (κ3) is 4.66. The number of nitrogens with one attached hydrogen (secondary N) is 1. The van der Waals surface area contributed by atoms with Crippen molar-refractivity contribution in [3.63, 3.8) is 0 Å². The Labute approximate surface area is 191 Å². The number of amides is 1. The van der Waals surface area contributed by atoms with E-state index >= 15 is 0 Å². The SMILES string of the molecule is CCOC(=O)C1(C)C(=O)Nc2nc(-c3cc(OC(F)F)n(CCC(F)(F)C(F)(F)F)n3)nc(N)c21. The number of carbonyl (C=O) groups excluding carboxylic acids is 2. The highest BCUT2D eigenvalue weighted by atomic mass is 19.4. The highest BCUT2D eigenvalue weighted by molar-refractivity contribution is 6.19. The quantitative estimate of drug-likeness (QED) is 0.312. The monoisotopic (exact) mass is 514 g/mol. The van der Waals surface area contributed by atoms with Crippen LogP contribution in [0.3, 0.4) is 0 Å². The predicted molar refractivity (Wildman–Crippen MR) is 103 cm³/mol. The van der Waals surface area contributed by atoms with Crippen molar-refractivity contribution < 1.29 is 49.8 Å². The number of nitrogens with two attached hydrogens (primary N) is 1. The highest BCUT2D eigenvalue weighted by Crippen LogP contribution is 2.42. The molecule has 2 aromatic heterocycles. The van der Waals surface area contributed by atoms with Crippen LogP contribution in [0.4, 0.5) is 42.4 Å². The molecular formula is C18H17F7N6O4. The van der Waals surface area contributed by atoms with Crippen LogP contribution >= 0.6 is 0 Å². The summed E-state index contributed by atoms with van der Waals surface area (Å²) in [4.78, 5) is 32.7. The van der Waals surface area contributed by atoms with Gasteiger partial charge < -0.3 is 20.5 Å². The molecule has 0 radical (unpaired) electrons. The molecule has 0 spiro atoms. The van der Waals surface area contributed by atoms with Gasteiger partial charge in [-0.05, 0) is 13.8 Å². The Kier molecular flexibility index (Phi) is 6.56. The van der Waals surface area contributed by atoms with E-state index in [0.29, 0.717) is 4.68 Å². The van der Waals surface area contributed by atoms with Gasteiger partial charge in [0.2, 0.25) is 11.8 Å². The Morgan fingerprint density at radius 2 is 1.91 bits per heavy atom. The van der Waals surface area contributed by atoms with Gasteiger partial charge in [-0.1, -0.05) is 0 Å². The molecule has 0 aromatic carbocycles. The van der Waals surface area contributed by atoms with Gasteiger partial charge in [-0.25, -0.2) is 14.6 Å². The summed E-state index contributed by atoms with van der Waals surface area (Å²) < 4.78 is 98.9. The maximum absolute atomic E-state index is 13.3. The maximum Gasteiger partial charge on any atom is 0.453 e. The number of ether oxygens (including phenoxy) is 2. The third-order valence-electron chi connectivity index (χ3n) is 5.04. The second kappa shape index (κ2) is 8.84. The first-order valence-electron chi connectivity index (χ1n) is 9.76. The number of alkyl halides is 7. The summed E-state index contributed by atoms with van der Waals surface area (Å²) in [5, 5.41) is 5.99. The van der Waals surface area contributed by atoms with E-state index in [2.05, 4.69) is 25.1 Å². The van der Waals surface area contributed by atoms with Crippen molar-refractivity contribution in [3.8, 4) is 17.4 Å². The number of carbonyl (C=O) groups is 2. The van der Waals surface area contributed by atoms with Gasteiger partial charge in [0.05, 0.1) is 18.7 Å². The molecule has 1 unspecified atom stereocenters. The number of anilines is 2. The van der Waals surface area contributed by atoms with Crippen LogP contribution in [0.5, 0.6) is 5.88 Å². The van der Waals surface area contributed by atoms with E-state index in [1.807, 2.05) is 0 Å². The van der Waals surface area contributed by atoms with Crippen molar-refractivity contribution in [1.82, 2.24) is 19.7 Å². The van der Waals surface area contributed by atoms with Crippen molar-refractivity contribution in [2.75, 3.05) is 17.7 Å². The second-order valence-electron chi connectivity index (χ2n) is 7.38. The van der Waals surface area contributed by atoms with E-state index in [1.165, 1.54) is 13.8 Å². The van der Waals surface area contributed by atoms with E-state index in [0.717, 1.165) is 6.07 Å². The fourth-order valence-corrected chi connectivity index (χ4v) is 3.24. The molecule has 3 N–H and O–H groups in total. The number of hydrogen-bond acceptors (Lipinski definition) is 8. The number of aromatic nitrogens is 4. The molecule has 10 nitrogen and oxygen atoms in total. The van der Waals surface area contributed by atoms with E-state index in [1.54, 1.807) is 0 Å². The standard InChI is InChI=1S/C18H17F7N6O4/c1-3-34-14(33)16(2)9-10(26)27-11(28-12(9)29-13(16)32)7-6-8(35-15(19)20)31(30-7)5-4-17(21,22)18(23,24)25/h6,15H,3-5H2,1-2H3,(H3,26,27,28,29,32). The minimum absolute atomic E-state index is 0.0480. The van der Waals surface area contributed by atoms with Crippen LogP contribution in [0.25, 0.3) is 11.5 Å². The summed E-state index contributed by atoms with van der Waals surface area (Å²) in [6, 6.07) is 0.764. The minimum Gasteiger partial charge on any atom is -0.465 e. The largest absolute Gasteiger partial charge is 0.465 e. The fraction of sp³-hybridized carbons (Fsp3) is 0.500. The first kappa shape index (κ1) is 26.0. The maximum atomic E-state index is 13.3. The van der Waals surface area contributed by atoms with Crippen molar-refractivity contribution in [2.24, 2.45) is 0 Å². The zero-order chi connectivity index (χ0) is 26.3. The molecule has 1 amide bonds. The first-order valence-corrected chi connectivity index (χ1v) is 9.76. The van der Waals surface area contributed by atoms with Crippen LogP contribution in [0.2, 0.25) is 0 Å². The van der Waals surface area contributed by atoms with E-state index in [4.69, 9.17) is 10.5 Å². The molecule has 0 saturated heterocycles. The van der Waals surface area contributed by atoms with E-state index in [-0.39, 0.29) is 18.0 Å². The van der Waals surface area contributed by atoms with Crippen molar-refractivity contribution in [3.05, 3.63) is 11.6 Å². The van der Waals surface area contributed by atoms with Crippen LogP contribution < -0.4 is 15.8 Å². The first-order chi connectivity index (χ1) is 16.1. The average Bonchev–Trinajstić information content (AvgIpc) is 3.24. The topological polar surface area (TPSA) is 134 Å². The molecule has 3 heterocycles. The molecule has 1 aliphatic heterocycles.